The molecule has 53 heavy (non-hydrogen) atoms. The van der Waals surface area contributed by atoms with Crippen LogP contribution in [0.5, 0.6) is 5.88 Å². The Bertz CT molecular complexity index is 1940. The summed E-state index contributed by atoms with van der Waals surface area (Å²) in [6.07, 6.45) is 6.92. The minimum absolute atomic E-state index is 0.0416. The minimum atomic E-state index is -0.460. The Kier molecular flexibility index (Phi) is 12.1. The van der Waals surface area contributed by atoms with Gasteiger partial charge in [0.15, 0.2) is 0 Å². The van der Waals surface area contributed by atoms with Crippen LogP contribution >= 0.6 is 11.8 Å². The normalized spacial score (nSPS) is 18.5. The third kappa shape index (κ3) is 9.57. The molecule has 2 aromatic heterocycles. The Labute approximate surface area is 316 Å². The van der Waals surface area contributed by atoms with E-state index in [1.54, 1.807) is 18.2 Å². The van der Waals surface area contributed by atoms with Crippen molar-refractivity contribution in [1.82, 2.24) is 24.8 Å². The Morgan fingerprint density at radius 1 is 1.09 bits per heavy atom. The van der Waals surface area contributed by atoms with Crippen molar-refractivity contribution in [3.8, 4) is 11.9 Å². The van der Waals surface area contributed by atoms with Crippen molar-refractivity contribution >= 4 is 28.7 Å². The zero-order valence-electron chi connectivity index (χ0n) is 31.5. The third-order valence-corrected chi connectivity index (χ3v) is 11.7. The smallest absolute Gasteiger partial charge is 0.251 e. The highest BCUT2D eigenvalue weighted by Gasteiger charge is 2.34. The van der Waals surface area contributed by atoms with E-state index in [-0.39, 0.29) is 18.1 Å². The van der Waals surface area contributed by atoms with Gasteiger partial charge in [-0.1, -0.05) is 12.1 Å². The van der Waals surface area contributed by atoms with Gasteiger partial charge in [-0.05, 0) is 116 Å². The number of likely N-dealkylation sites (tertiary alicyclic amines) is 1. The van der Waals surface area contributed by atoms with Gasteiger partial charge in [-0.15, -0.1) is 0 Å². The van der Waals surface area contributed by atoms with Crippen molar-refractivity contribution in [2.75, 3.05) is 32.5 Å². The predicted octanol–water partition coefficient (Wildman–Crippen LogP) is 7.12. The number of carbonyl (C=O) groups excluding carboxylic acids is 1. The predicted molar refractivity (Wildman–Crippen MR) is 207 cm³/mol. The lowest BCUT2D eigenvalue weighted by Crippen LogP contribution is -2.45. The molecule has 12 heteroatoms. The first-order chi connectivity index (χ1) is 25.4. The van der Waals surface area contributed by atoms with E-state index in [0.29, 0.717) is 53.8 Å². The molecule has 0 bridgehead atoms. The Morgan fingerprint density at radius 3 is 2.57 bits per heavy atom. The van der Waals surface area contributed by atoms with Crippen molar-refractivity contribution in [2.24, 2.45) is 5.73 Å². The van der Waals surface area contributed by atoms with Gasteiger partial charge in [0.05, 0.1) is 34.8 Å². The summed E-state index contributed by atoms with van der Waals surface area (Å²) in [6.45, 7) is 11.5. The molecule has 1 aliphatic carbocycles. The van der Waals surface area contributed by atoms with Crippen molar-refractivity contribution in [1.29, 1.82) is 5.26 Å². The number of nitrogens with zero attached hydrogens (tertiary/aromatic N) is 5. The molecule has 10 nitrogen and oxygen atoms in total. The number of ether oxygens (including phenoxy) is 2. The number of carbonyl (C=O) groups is 1. The Balaban J connectivity index is 1.10. The molecule has 1 saturated heterocycles. The number of halogens is 1. The molecule has 1 amide bonds. The number of benzene rings is 2. The molecule has 1 saturated carbocycles. The van der Waals surface area contributed by atoms with Gasteiger partial charge in [0.1, 0.15) is 18.2 Å². The number of imidazole rings is 1. The number of nitrogens with two attached hydrogens (primary N) is 1. The summed E-state index contributed by atoms with van der Waals surface area (Å²) in [5, 5.41) is 12.9. The molecule has 3 N–H and O–H groups in total. The molecule has 0 radical (unpaired) electrons. The number of hydrogen-bond donors (Lipinski definition) is 2. The molecule has 0 spiro atoms. The fourth-order valence-electron chi connectivity index (χ4n) is 7.04. The van der Waals surface area contributed by atoms with Crippen molar-refractivity contribution in [3.05, 3.63) is 88.6 Å². The average molecular weight is 742 g/mol. The number of hydrogen-bond acceptors (Lipinski definition) is 9. The van der Waals surface area contributed by atoms with Crippen LogP contribution in [0.3, 0.4) is 0 Å². The minimum Gasteiger partial charge on any atom is -0.473 e. The first-order valence-corrected chi connectivity index (χ1v) is 19.9. The molecule has 3 heterocycles. The summed E-state index contributed by atoms with van der Waals surface area (Å²) in [4.78, 5) is 26.0. The van der Waals surface area contributed by atoms with E-state index in [4.69, 9.17) is 30.4 Å². The second-order valence-electron chi connectivity index (χ2n) is 15.6. The zero-order valence-corrected chi connectivity index (χ0v) is 32.3. The number of rotatable bonds is 15. The first kappa shape index (κ1) is 38.7. The van der Waals surface area contributed by atoms with Crippen LogP contribution in [0.25, 0.3) is 11.0 Å². The Hall–Kier alpha value is -4.02. The summed E-state index contributed by atoms with van der Waals surface area (Å²) in [7, 11) is 0. The maximum absolute atomic E-state index is 14.4. The van der Waals surface area contributed by atoms with Crippen LogP contribution in [-0.2, 0) is 17.9 Å². The number of amides is 1. The fourth-order valence-corrected chi connectivity index (χ4v) is 7.87. The lowest BCUT2D eigenvalue weighted by molar-refractivity contribution is -0.0181. The van der Waals surface area contributed by atoms with Crippen molar-refractivity contribution in [3.63, 3.8) is 0 Å². The molecule has 0 unspecified atom stereocenters. The van der Waals surface area contributed by atoms with Crippen molar-refractivity contribution in [2.45, 2.75) is 101 Å². The summed E-state index contributed by atoms with van der Waals surface area (Å²) in [5.74, 6) is 1.23. The van der Waals surface area contributed by atoms with Gasteiger partial charge < -0.3 is 25.1 Å². The number of piperidine rings is 1. The van der Waals surface area contributed by atoms with Gasteiger partial charge in [-0.2, -0.15) is 17.0 Å². The van der Waals surface area contributed by atoms with Gasteiger partial charge in [0, 0.05) is 58.8 Å². The number of aromatic nitrogens is 3. The van der Waals surface area contributed by atoms with E-state index in [0.717, 1.165) is 67.9 Å². The van der Waals surface area contributed by atoms with Gasteiger partial charge in [-0.25, -0.2) is 14.4 Å². The van der Waals surface area contributed by atoms with Crippen LogP contribution in [0.1, 0.15) is 105 Å². The van der Waals surface area contributed by atoms with E-state index in [1.165, 1.54) is 6.07 Å². The molecule has 2 aliphatic rings. The zero-order chi connectivity index (χ0) is 37.8. The number of pyridine rings is 1. The lowest BCUT2D eigenvalue weighted by Gasteiger charge is -2.37. The maximum atomic E-state index is 14.4. The molecule has 2 aromatic carbocycles. The van der Waals surface area contributed by atoms with Gasteiger partial charge in [0.2, 0.25) is 5.88 Å². The van der Waals surface area contributed by atoms with E-state index >= 15 is 0 Å². The fraction of sp³-hybridized carbons (Fsp3) is 0.512. The van der Waals surface area contributed by atoms with Gasteiger partial charge >= 0.3 is 0 Å². The molecule has 4 aromatic rings. The lowest BCUT2D eigenvalue weighted by atomic mass is 9.91. The summed E-state index contributed by atoms with van der Waals surface area (Å²) in [5.41, 5.74) is 9.16. The summed E-state index contributed by atoms with van der Waals surface area (Å²) >= 11 is 1.92. The highest BCUT2D eigenvalue weighted by Crippen LogP contribution is 2.42. The maximum Gasteiger partial charge on any atom is 0.251 e. The van der Waals surface area contributed by atoms with Crippen LogP contribution in [0.2, 0.25) is 0 Å². The number of thioether (sulfide) groups is 1. The quantitative estimate of drug-likeness (QED) is 0.131. The molecular formula is C41H52FN7O3S. The summed E-state index contributed by atoms with van der Waals surface area (Å²) in [6, 6.07) is 18.3. The Morgan fingerprint density at radius 2 is 1.87 bits per heavy atom. The largest absolute Gasteiger partial charge is 0.473 e. The second kappa shape index (κ2) is 16.6. The molecular weight excluding hydrogens is 690 g/mol. The van der Waals surface area contributed by atoms with Crippen molar-refractivity contribution < 1.29 is 18.7 Å². The topological polar surface area (TPSA) is 131 Å². The SMILES string of the molecule is CSC1CC(n2c(CN3CCC(c4cccc(OCc5ccc(C#N)cc5F)n4)CC3)nc3ccc(C(=O)NC(C)(C)CCOC(C)(C)CN)cc32)C1. The van der Waals surface area contributed by atoms with Crippen LogP contribution in [0.4, 0.5) is 4.39 Å². The molecule has 6 rings (SSSR count). The molecule has 2 fully saturated rings. The van der Waals surface area contributed by atoms with Crippen LogP contribution in [0.15, 0.2) is 54.6 Å². The van der Waals surface area contributed by atoms with Crippen LogP contribution < -0.4 is 15.8 Å². The van der Waals surface area contributed by atoms with Gasteiger partial charge in [0.25, 0.3) is 5.91 Å². The van der Waals surface area contributed by atoms with E-state index in [1.807, 2.05) is 75.9 Å². The van der Waals surface area contributed by atoms with Gasteiger partial charge in [-0.3, -0.25) is 9.69 Å². The molecule has 1 aliphatic heterocycles. The molecule has 282 valence electrons. The monoisotopic (exact) mass is 741 g/mol. The second-order valence-corrected chi connectivity index (χ2v) is 16.8. The summed E-state index contributed by atoms with van der Waals surface area (Å²) < 4.78 is 28.6. The molecule has 0 atom stereocenters. The van der Waals surface area contributed by atoms with Crippen LogP contribution in [0, 0.1) is 17.1 Å². The average Bonchev–Trinajstić information content (AvgIpc) is 3.47. The first-order valence-electron chi connectivity index (χ1n) is 18.6. The third-order valence-electron chi connectivity index (χ3n) is 10.6. The van der Waals surface area contributed by atoms with E-state index in [2.05, 4.69) is 21.0 Å². The number of fused-ring (bicyclic) bond motifs is 1. The highest BCUT2D eigenvalue weighted by atomic mass is 32.2. The number of nitrogens with one attached hydrogen (secondary N) is 1. The highest BCUT2D eigenvalue weighted by molar-refractivity contribution is 7.99. The number of nitriles is 1. The van der Waals surface area contributed by atoms with E-state index < -0.39 is 17.0 Å². The standard InChI is InChI=1S/C41H52FN7O3S/c1-40(2,15-18-52-41(3,4)26-44)47-39(50)29-11-12-35-36(20-29)49(31-21-32(22-31)53-5)37(45-35)24-48-16-13-28(14-17-48)34-7-6-8-38(46-34)51-25-30-10-9-27(23-43)19-33(30)42/h6-12,19-20,28,31-32H,13-18,21-22,24-26,44H2,1-5H3,(H,47,50). The van der Waals surface area contributed by atoms with E-state index in [9.17, 15) is 9.18 Å². The van der Waals surface area contributed by atoms with Crippen LogP contribution in [-0.4, -0.2) is 74.2 Å².